The number of benzene rings is 2. The summed E-state index contributed by atoms with van der Waals surface area (Å²) in [5.74, 6) is -0.989. The maximum Gasteiger partial charge on any atom is 0.315 e. The maximum atomic E-state index is 14.2. The second kappa shape index (κ2) is 9.41. The van der Waals surface area contributed by atoms with E-state index < -0.39 is 17.8 Å². The highest BCUT2D eigenvalue weighted by atomic mass is 35.5. The fourth-order valence-corrected chi connectivity index (χ4v) is 3.18. The number of halogens is 2. The van der Waals surface area contributed by atoms with Crippen molar-refractivity contribution in [3.05, 3.63) is 58.9 Å². The maximum absolute atomic E-state index is 14.2. The zero-order valence-corrected chi connectivity index (χ0v) is 16.1. The molecule has 0 bridgehead atoms. The van der Waals surface area contributed by atoms with Crippen LogP contribution in [0.5, 0.6) is 0 Å². The van der Waals surface area contributed by atoms with Crippen molar-refractivity contribution < 1.29 is 14.0 Å². The monoisotopic (exact) mass is 404 g/mol. The summed E-state index contributed by atoms with van der Waals surface area (Å²) in [7, 11) is 0. The van der Waals surface area contributed by atoms with Crippen molar-refractivity contribution in [3.63, 3.8) is 0 Å². The van der Waals surface area contributed by atoms with E-state index in [0.29, 0.717) is 17.3 Å². The average molecular weight is 405 g/mol. The number of para-hydroxylation sites is 1. The molecule has 2 aromatic carbocycles. The van der Waals surface area contributed by atoms with Crippen LogP contribution in [0.3, 0.4) is 0 Å². The minimum absolute atomic E-state index is 0.151. The molecule has 28 heavy (non-hydrogen) atoms. The Bertz CT molecular complexity index is 839. The van der Waals surface area contributed by atoms with Crippen LogP contribution in [0.1, 0.15) is 18.4 Å². The number of hydrogen-bond donors (Lipinski definition) is 3. The molecule has 1 aliphatic heterocycles. The predicted molar refractivity (Wildman–Crippen MR) is 108 cm³/mol. The third-order valence-corrected chi connectivity index (χ3v) is 4.73. The number of urea groups is 1. The summed E-state index contributed by atoms with van der Waals surface area (Å²) in [5, 5.41) is 8.31. The summed E-state index contributed by atoms with van der Waals surface area (Å²) < 4.78 is 14.2. The van der Waals surface area contributed by atoms with Crippen LogP contribution in [0, 0.1) is 5.82 Å². The van der Waals surface area contributed by atoms with Crippen LogP contribution in [0.2, 0.25) is 5.02 Å². The van der Waals surface area contributed by atoms with Crippen molar-refractivity contribution in [1.82, 2.24) is 10.6 Å². The van der Waals surface area contributed by atoms with E-state index in [-0.39, 0.29) is 12.2 Å². The molecule has 3 amide bonds. The molecule has 6 nitrogen and oxygen atoms in total. The van der Waals surface area contributed by atoms with Crippen molar-refractivity contribution in [3.8, 4) is 0 Å². The van der Waals surface area contributed by atoms with Crippen LogP contribution in [-0.4, -0.2) is 31.6 Å². The summed E-state index contributed by atoms with van der Waals surface area (Å²) in [6.45, 7) is 1.70. The molecule has 0 saturated carbocycles. The Labute approximate surface area is 168 Å². The summed E-state index contributed by atoms with van der Waals surface area (Å²) in [6.07, 6.45) is 2.08. The molecule has 1 saturated heterocycles. The van der Waals surface area contributed by atoms with Crippen LogP contribution in [-0.2, 0) is 11.3 Å². The number of amides is 3. The van der Waals surface area contributed by atoms with Gasteiger partial charge in [-0.2, -0.15) is 0 Å². The first kappa shape index (κ1) is 19.9. The third kappa shape index (κ3) is 5.36. The Balaban J connectivity index is 1.50. The molecule has 148 valence electrons. The summed E-state index contributed by atoms with van der Waals surface area (Å²) in [6, 6.07) is 11.3. The van der Waals surface area contributed by atoms with E-state index in [0.717, 1.165) is 31.5 Å². The molecule has 3 rings (SSSR count). The van der Waals surface area contributed by atoms with Gasteiger partial charge in [-0.1, -0.05) is 29.8 Å². The van der Waals surface area contributed by atoms with Crippen molar-refractivity contribution in [1.29, 1.82) is 0 Å². The van der Waals surface area contributed by atoms with Gasteiger partial charge in [0.25, 0.3) is 0 Å². The largest absolute Gasteiger partial charge is 0.370 e. The van der Waals surface area contributed by atoms with Crippen molar-refractivity contribution >= 4 is 34.9 Å². The Hall–Kier alpha value is -2.80. The highest BCUT2D eigenvalue weighted by molar-refractivity contribution is 6.30. The molecule has 1 fully saturated rings. The molecule has 0 radical (unpaired) electrons. The fourth-order valence-electron chi connectivity index (χ4n) is 3.05. The molecule has 0 atom stereocenters. The lowest BCUT2D eigenvalue weighted by atomic mass is 10.2. The van der Waals surface area contributed by atoms with Gasteiger partial charge in [-0.3, -0.25) is 4.79 Å². The van der Waals surface area contributed by atoms with E-state index in [1.165, 1.54) is 6.07 Å². The highest BCUT2D eigenvalue weighted by Crippen LogP contribution is 2.31. The van der Waals surface area contributed by atoms with Crippen molar-refractivity contribution in [2.75, 3.05) is 29.9 Å². The predicted octanol–water partition coefficient (Wildman–Crippen LogP) is 3.52. The van der Waals surface area contributed by atoms with Gasteiger partial charge in [-0.05, 0) is 42.7 Å². The number of nitrogens with one attached hydrogen (secondary N) is 3. The number of anilines is 2. The van der Waals surface area contributed by atoms with Gasteiger partial charge >= 0.3 is 6.03 Å². The number of carbonyl (C=O) groups excluding carboxylic acids is 2. The lowest BCUT2D eigenvalue weighted by Crippen LogP contribution is -2.39. The van der Waals surface area contributed by atoms with Gasteiger partial charge < -0.3 is 20.9 Å². The minimum atomic E-state index is -0.495. The van der Waals surface area contributed by atoms with Gasteiger partial charge in [0.2, 0.25) is 5.91 Å². The Morgan fingerprint density at radius 2 is 1.75 bits per heavy atom. The molecule has 1 heterocycles. The van der Waals surface area contributed by atoms with Gasteiger partial charge in [0.15, 0.2) is 0 Å². The summed E-state index contributed by atoms with van der Waals surface area (Å²) in [5.41, 5.74) is 1.70. The number of nitrogens with zero attached hydrogens (tertiary/aromatic N) is 1. The lowest BCUT2D eigenvalue weighted by Gasteiger charge is -2.22. The topological polar surface area (TPSA) is 73.5 Å². The normalized spacial score (nSPS) is 13.3. The van der Waals surface area contributed by atoms with Crippen LogP contribution in [0.4, 0.5) is 20.6 Å². The van der Waals surface area contributed by atoms with Crippen molar-refractivity contribution in [2.45, 2.75) is 19.4 Å². The summed E-state index contributed by atoms with van der Waals surface area (Å²) in [4.78, 5) is 26.1. The number of hydrogen-bond acceptors (Lipinski definition) is 3. The van der Waals surface area contributed by atoms with Gasteiger partial charge in [-0.15, -0.1) is 0 Å². The molecule has 0 spiro atoms. The lowest BCUT2D eigenvalue weighted by molar-refractivity contribution is -0.115. The molecule has 3 N–H and O–H groups in total. The molecular formula is C20H22ClFN4O2. The molecule has 0 aliphatic carbocycles. The van der Waals surface area contributed by atoms with Gasteiger partial charge in [0.05, 0.1) is 12.2 Å². The highest BCUT2D eigenvalue weighted by Gasteiger charge is 2.19. The Morgan fingerprint density at radius 1 is 1.04 bits per heavy atom. The number of carbonyl (C=O) groups is 2. The smallest absolute Gasteiger partial charge is 0.315 e. The second-order valence-corrected chi connectivity index (χ2v) is 6.98. The van der Waals surface area contributed by atoms with Gasteiger partial charge in [-0.25, -0.2) is 9.18 Å². The van der Waals surface area contributed by atoms with Crippen LogP contribution in [0.25, 0.3) is 0 Å². The van der Waals surface area contributed by atoms with Crippen LogP contribution in [0.15, 0.2) is 42.5 Å². The summed E-state index contributed by atoms with van der Waals surface area (Å²) >= 11 is 5.82. The van der Waals surface area contributed by atoms with E-state index >= 15 is 0 Å². The zero-order valence-electron chi connectivity index (χ0n) is 15.3. The standard InChI is InChI=1S/C20H22ClFN4O2/c21-15-8-6-14(7-9-15)12-23-20(28)24-13-18(27)25-19-16(22)4-3-5-17(19)26-10-1-2-11-26/h3-9H,1-2,10-13H2,(H,25,27)(H2,23,24,28). The second-order valence-electron chi connectivity index (χ2n) is 6.54. The molecule has 0 aromatic heterocycles. The van der Waals surface area contributed by atoms with Crippen LogP contribution >= 0.6 is 11.6 Å². The molecule has 2 aromatic rings. The van der Waals surface area contributed by atoms with Crippen molar-refractivity contribution in [2.24, 2.45) is 0 Å². The Kier molecular flexibility index (Phi) is 6.71. The molecule has 1 aliphatic rings. The van der Waals surface area contributed by atoms with Gasteiger partial charge in [0, 0.05) is 24.7 Å². The third-order valence-electron chi connectivity index (χ3n) is 4.48. The average Bonchev–Trinajstić information content (AvgIpc) is 3.22. The molecular weight excluding hydrogens is 383 g/mol. The Morgan fingerprint density at radius 3 is 2.46 bits per heavy atom. The first-order chi connectivity index (χ1) is 13.5. The molecule has 8 heteroatoms. The van der Waals surface area contributed by atoms with E-state index in [2.05, 4.69) is 16.0 Å². The van der Waals surface area contributed by atoms with E-state index in [4.69, 9.17) is 11.6 Å². The van der Waals surface area contributed by atoms with Crippen LogP contribution < -0.4 is 20.9 Å². The minimum Gasteiger partial charge on any atom is -0.370 e. The SMILES string of the molecule is O=C(CNC(=O)NCc1ccc(Cl)cc1)Nc1c(F)cccc1N1CCCC1. The number of rotatable bonds is 6. The van der Waals surface area contributed by atoms with E-state index in [1.807, 2.05) is 4.90 Å². The quantitative estimate of drug-likeness (QED) is 0.689. The van der Waals surface area contributed by atoms with E-state index in [9.17, 15) is 14.0 Å². The first-order valence-corrected chi connectivity index (χ1v) is 9.50. The zero-order chi connectivity index (χ0) is 19.9. The molecule has 0 unspecified atom stereocenters. The first-order valence-electron chi connectivity index (χ1n) is 9.12. The van der Waals surface area contributed by atoms with E-state index in [1.54, 1.807) is 36.4 Å². The van der Waals surface area contributed by atoms with Gasteiger partial charge in [0.1, 0.15) is 11.5 Å². The fraction of sp³-hybridized carbons (Fsp3) is 0.300.